The topological polar surface area (TPSA) is 85.7 Å². The highest BCUT2D eigenvalue weighted by atomic mass is 16.6. The van der Waals surface area contributed by atoms with Crippen LogP contribution >= 0.6 is 0 Å². The first kappa shape index (κ1) is 10.0. The van der Waals surface area contributed by atoms with Gasteiger partial charge in [-0.1, -0.05) is 0 Å². The summed E-state index contributed by atoms with van der Waals surface area (Å²) >= 11 is 0. The van der Waals surface area contributed by atoms with E-state index in [4.69, 9.17) is 11.6 Å². The molecule has 0 fully saturated rings. The van der Waals surface area contributed by atoms with E-state index in [9.17, 15) is 0 Å². The Kier molecular flexibility index (Phi) is 3.27. The summed E-state index contributed by atoms with van der Waals surface area (Å²) in [6, 6.07) is 0.0831. The number of nitrogens with two attached hydrogens (primary N) is 2. The molecule has 0 radical (unpaired) electrons. The van der Waals surface area contributed by atoms with Crippen molar-refractivity contribution < 1.29 is 4.84 Å². The average molecular weight is 184 g/mol. The molecule has 5 heteroatoms. The molecule has 5 N–H and O–H groups in total. The molecule has 1 rings (SSSR count). The van der Waals surface area contributed by atoms with Crippen molar-refractivity contribution in [2.45, 2.75) is 32.4 Å². The molecule has 0 saturated carbocycles. The number of aliphatic imine (C=N–C) groups is 1. The Morgan fingerprint density at radius 2 is 2.46 bits per heavy atom. The molecule has 2 atom stereocenters. The molecule has 1 heterocycles. The van der Waals surface area contributed by atoms with Crippen LogP contribution in [0.15, 0.2) is 16.4 Å². The number of hydrogen-bond donors (Lipinski definition) is 3. The van der Waals surface area contributed by atoms with Gasteiger partial charge in [-0.2, -0.15) is 0 Å². The predicted molar refractivity (Wildman–Crippen MR) is 51.7 cm³/mol. The van der Waals surface area contributed by atoms with Crippen molar-refractivity contribution in [1.82, 2.24) is 5.32 Å². The minimum atomic E-state index is -0.0111. The van der Waals surface area contributed by atoms with Gasteiger partial charge in [0.15, 0.2) is 0 Å². The second-order valence-corrected chi connectivity index (χ2v) is 3.22. The molecular weight excluding hydrogens is 168 g/mol. The maximum atomic E-state index is 5.69. The molecule has 13 heavy (non-hydrogen) atoms. The summed E-state index contributed by atoms with van der Waals surface area (Å²) < 4.78 is 0. The van der Waals surface area contributed by atoms with Crippen LogP contribution < -0.4 is 16.9 Å². The first-order chi connectivity index (χ1) is 6.15. The maximum absolute atomic E-state index is 5.69. The van der Waals surface area contributed by atoms with Crippen LogP contribution in [0.2, 0.25) is 0 Å². The van der Waals surface area contributed by atoms with E-state index in [2.05, 4.69) is 15.1 Å². The lowest BCUT2D eigenvalue weighted by Gasteiger charge is -2.21. The van der Waals surface area contributed by atoms with Crippen LogP contribution in [0.25, 0.3) is 0 Å². The molecule has 0 aromatic heterocycles. The van der Waals surface area contributed by atoms with Crippen LogP contribution in [0.4, 0.5) is 0 Å². The Morgan fingerprint density at radius 3 is 3.08 bits per heavy atom. The average Bonchev–Trinajstić information content (AvgIpc) is 2.13. The lowest BCUT2D eigenvalue weighted by atomic mass is 10.0. The first-order valence-corrected chi connectivity index (χ1v) is 4.25. The molecule has 0 aromatic rings. The first-order valence-electron chi connectivity index (χ1n) is 4.25. The smallest absolute Gasteiger partial charge is 0.102 e. The molecule has 74 valence electrons. The quantitative estimate of drug-likeness (QED) is 0.532. The molecule has 0 aliphatic carbocycles. The molecular formula is C8H16N4O. The van der Waals surface area contributed by atoms with Crippen molar-refractivity contribution in [3.8, 4) is 0 Å². The Balaban J connectivity index is 2.59. The minimum absolute atomic E-state index is 0.0111. The normalized spacial score (nSPS) is 24.4. The van der Waals surface area contributed by atoms with E-state index in [1.54, 1.807) is 6.34 Å². The second-order valence-electron chi connectivity index (χ2n) is 3.22. The highest BCUT2D eigenvalue weighted by Crippen LogP contribution is 2.16. The Hall–Kier alpha value is -1.07. The van der Waals surface area contributed by atoms with Gasteiger partial charge in [0.05, 0.1) is 18.5 Å². The van der Waals surface area contributed by atoms with Crippen molar-refractivity contribution in [2.24, 2.45) is 16.6 Å². The molecule has 0 saturated heterocycles. The fraction of sp³-hybridized carbons (Fsp3) is 0.625. The highest BCUT2D eigenvalue weighted by molar-refractivity contribution is 5.60. The molecule has 0 amide bonds. The Morgan fingerprint density at radius 1 is 1.77 bits per heavy atom. The van der Waals surface area contributed by atoms with Crippen molar-refractivity contribution in [3.63, 3.8) is 0 Å². The van der Waals surface area contributed by atoms with Gasteiger partial charge >= 0.3 is 0 Å². The van der Waals surface area contributed by atoms with Crippen LogP contribution in [0.3, 0.4) is 0 Å². The summed E-state index contributed by atoms with van der Waals surface area (Å²) in [6.45, 7) is 3.85. The third kappa shape index (κ3) is 2.43. The van der Waals surface area contributed by atoms with Crippen molar-refractivity contribution in [2.75, 3.05) is 0 Å². The van der Waals surface area contributed by atoms with Gasteiger partial charge in [0.25, 0.3) is 0 Å². The lowest BCUT2D eigenvalue weighted by Crippen LogP contribution is -2.31. The monoisotopic (exact) mass is 184 g/mol. The van der Waals surface area contributed by atoms with E-state index in [1.165, 1.54) is 0 Å². The summed E-state index contributed by atoms with van der Waals surface area (Å²) in [6.07, 6.45) is 2.35. The van der Waals surface area contributed by atoms with Gasteiger partial charge in [-0.15, -0.1) is 0 Å². The van der Waals surface area contributed by atoms with E-state index in [0.717, 1.165) is 12.0 Å². The summed E-state index contributed by atoms with van der Waals surface area (Å²) in [5.41, 5.74) is 6.72. The van der Waals surface area contributed by atoms with Crippen molar-refractivity contribution in [1.29, 1.82) is 0 Å². The van der Waals surface area contributed by atoms with E-state index in [0.29, 0.717) is 5.82 Å². The molecule has 2 unspecified atom stereocenters. The van der Waals surface area contributed by atoms with E-state index in [1.807, 2.05) is 13.8 Å². The molecule has 1 aliphatic rings. The van der Waals surface area contributed by atoms with Gasteiger partial charge < -0.3 is 15.9 Å². The molecule has 5 nitrogen and oxygen atoms in total. The maximum Gasteiger partial charge on any atom is 0.102 e. The lowest BCUT2D eigenvalue weighted by molar-refractivity contribution is 0.0580. The fourth-order valence-electron chi connectivity index (χ4n) is 1.21. The zero-order chi connectivity index (χ0) is 9.84. The molecule has 0 aromatic carbocycles. The summed E-state index contributed by atoms with van der Waals surface area (Å²) in [5.74, 6) is 5.73. The second kappa shape index (κ2) is 4.25. The largest absolute Gasteiger partial charge is 0.385 e. The molecule has 1 aliphatic heterocycles. The number of nitrogens with one attached hydrogen (secondary N) is 1. The van der Waals surface area contributed by atoms with Crippen molar-refractivity contribution in [3.05, 3.63) is 11.4 Å². The van der Waals surface area contributed by atoms with E-state index >= 15 is 0 Å². The summed E-state index contributed by atoms with van der Waals surface area (Å²) in [4.78, 5) is 8.92. The molecule has 0 bridgehead atoms. The van der Waals surface area contributed by atoms with Crippen LogP contribution in [0, 0.1) is 0 Å². The van der Waals surface area contributed by atoms with Gasteiger partial charge in [-0.25, -0.2) is 5.90 Å². The fourth-order valence-corrected chi connectivity index (χ4v) is 1.21. The summed E-state index contributed by atoms with van der Waals surface area (Å²) in [7, 11) is 0. The number of nitrogens with zero attached hydrogens (tertiary/aromatic N) is 1. The van der Waals surface area contributed by atoms with Crippen LogP contribution in [-0.2, 0) is 4.84 Å². The van der Waals surface area contributed by atoms with Gasteiger partial charge in [0.1, 0.15) is 5.82 Å². The SMILES string of the molecule is CC1=C(N)NC=NC1CC(C)ON. The number of hydrogen-bond acceptors (Lipinski definition) is 5. The van der Waals surface area contributed by atoms with Gasteiger partial charge in [-0.05, 0) is 19.4 Å². The standard InChI is InChI=1S/C8H16N4O/c1-5(13-10)3-7-6(2)8(9)12-4-11-7/h4-5,7H,3,9-10H2,1-2H3,(H,11,12). The molecule has 0 spiro atoms. The van der Waals surface area contributed by atoms with E-state index < -0.39 is 0 Å². The van der Waals surface area contributed by atoms with Crippen LogP contribution in [0.5, 0.6) is 0 Å². The third-order valence-corrected chi connectivity index (χ3v) is 2.19. The number of rotatable bonds is 3. The minimum Gasteiger partial charge on any atom is -0.385 e. The van der Waals surface area contributed by atoms with Crippen molar-refractivity contribution >= 4 is 6.34 Å². The zero-order valence-electron chi connectivity index (χ0n) is 7.95. The van der Waals surface area contributed by atoms with Gasteiger partial charge in [-0.3, -0.25) is 4.99 Å². The Labute approximate surface area is 77.8 Å². The van der Waals surface area contributed by atoms with Gasteiger partial charge in [0, 0.05) is 6.42 Å². The van der Waals surface area contributed by atoms with Crippen LogP contribution in [-0.4, -0.2) is 18.5 Å². The highest BCUT2D eigenvalue weighted by Gasteiger charge is 2.18. The van der Waals surface area contributed by atoms with Gasteiger partial charge in [0.2, 0.25) is 0 Å². The van der Waals surface area contributed by atoms with Crippen LogP contribution in [0.1, 0.15) is 20.3 Å². The zero-order valence-corrected chi connectivity index (χ0v) is 7.95. The van der Waals surface area contributed by atoms with E-state index in [-0.39, 0.29) is 12.1 Å². The summed E-state index contributed by atoms with van der Waals surface area (Å²) in [5, 5.41) is 2.85. The Bertz CT molecular complexity index is 236. The third-order valence-electron chi connectivity index (χ3n) is 2.19. The predicted octanol–water partition coefficient (Wildman–Crippen LogP) is -0.154.